The van der Waals surface area contributed by atoms with Crippen molar-refractivity contribution in [3.63, 3.8) is 0 Å². The molecule has 1 aromatic rings. The predicted molar refractivity (Wildman–Crippen MR) is 71.8 cm³/mol. The van der Waals surface area contributed by atoms with Gasteiger partial charge < -0.3 is 10.9 Å². The Labute approximate surface area is 114 Å². The first-order valence-electron chi connectivity index (χ1n) is 5.01. The number of halogens is 1. The fraction of sp³-hybridized carbons (Fsp3) is 0.444. The molecule has 0 aliphatic rings. The number of sulfonamides is 1. The van der Waals surface area contributed by atoms with Crippen molar-refractivity contribution in [1.82, 2.24) is 4.72 Å². The number of hydrogen-bond acceptors (Lipinski definition) is 5. The molecule has 0 saturated heterocycles. The number of rotatable bonds is 5. The molecule has 18 heavy (non-hydrogen) atoms. The van der Waals surface area contributed by atoms with Gasteiger partial charge in [0.1, 0.15) is 10.0 Å². The smallest absolute Gasteiger partial charge is 0.250 e. The molecule has 0 aliphatic heterocycles. The second-order valence-electron chi connectivity index (χ2n) is 3.80. The summed E-state index contributed by atoms with van der Waals surface area (Å²) in [5.41, 5.74) is 6.07. The number of nitrogens with zero attached hydrogens (tertiary/aromatic N) is 1. The predicted octanol–water partition coefficient (Wildman–Crippen LogP) is 1.37. The zero-order valence-corrected chi connectivity index (χ0v) is 12.2. The van der Waals surface area contributed by atoms with E-state index in [1.54, 1.807) is 13.8 Å². The molecule has 102 valence electrons. The third-order valence-corrected chi connectivity index (χ3v) is 5.75. The second kappa shape index (κ2) is 5.87. The van der Waals surface area contributed by atoms with Crippen LogP contribution in [0.4, 0.5) is 0 Å². The highest BCUT2D eigenvalue weighted by molar-refractivity contribution is 7.91. The van der Waals surface area contributed by atoms with E-state index in [0.717, 1.165) is 11.3 Å². The monoisotopic (exact) mass is 311 g/mol. The highest BCUT2D eigenvalue weighted by Crippen LogP contribution is 2.29. The van der Waals surface area contributed by atoms with Gasteiger partial charge in [0.2, 0.25) is 10.0 Å². The number of nitrogens with two attached hydrogens (primary N) is 1. The number of oxime groups is 1. The lowest BCUT2D eigenvalue weighted by Crippen LogP contribution is -2.34. The molecule has 0 spiro atoms. The summed E-state index contributed by atoms with van der Waals surface area (Å²) in [5, 5.41) is 11.3. The quantitative estimate of drug-likeness (QED) is 0.330. The lowest BCUT2D eigenvalue weighted by molar-refractivity contribution is 0.314. The average molecular weight is 312 g/mol. The third kappa shape index (κ3) is 3.58. The minimum Gasteiger partial charge on any atom is -0.409 e. The minimum absolute atomic E-state index is 0.0295. The molecule has 1 atom stereocenters. The molecule has 0 aliphatic carbocycles. The van der Waals surface area contributed by atoms with Gasteiger partial charge in [-0.2, -0.15) is 0 Å². The molecule has 0 saturated carbocycles. The molecule has 1 unspecified atom stereocenters. The Morgan fingerprint density at radius 3 is 2.78 bits per heavy atom. The van der Waals surface area contributed by atoms with Crippen molar-refractivity contribution in [3.8, 4) is 0 Å². The van der Waals surface area contributed by atoms with Gasteiger partial charge in [0.05, 0.1) is 4.34 Å². The Kier molecular flexibility index (Phi) is 4.97. The van der Waals surface area contributed by atoms with Gasteiger partial charge in [-0.25, -0.2) is 13.1 Å². The topological polar surface area (TPSA) is 105 Å². The van der Waals surface area contributed by atoms with E-state index in [0.29, 0.717) is 9.90 Å². The summed E-state index contributed by atoms with van der Waals surface area (Å²) >= 11 is 6.82. The van der Waals surface area contributed by atoms with Crippen LogP contribution in [-0.4, -0.2) is 26.0 Å². The van der Waals surface area contributed by atoms with Gasteiger partial charge in [-0.1, -0.05) is 23.7 Å². The van der Waals surface area contributed by atoms with Crippen molar-refractivity contribution in [3.05, 3.63) is 16.0 Å². The maximum Gasteiger partial charge on any atom is 0.250 e. The first-order valence-corrected chi connectivity index (χ1v) is 7.68. The van der Waals surface area contributed by atoms with Gasteiger partial charge in [-0.05, 0) is 18.6 Å². The summed E-state index contributed by atoms with van der Waals surface area (Å²) < 4.78 is 26.8. The molecule has 0 amide bonds. The van der Waals surface area contributed by atoms with E-state index < -0.39 is 15.9 Å². The van der Waals surface area contributed by atoms with Crippen LogP contribution in [0.5, 0.6) is 0 Å². The van der Waals surface area contributed by atoms with Crippen LogP contribution in [-0.2, 0) is 10.0 Å². The molecule has 0 radical (unpaired) electrons. The SMILES string of the molecule is Cc1cc(S(=O)(=O)NCC(C)C(N)=NO)sc1Cl. The van der Waals surface area contributed by atoms with Gasteiger partial charge in [0, 0.05) is 12.5 Å². The number of thiophene rings is 1. The van der Waals surface area contributed by atoms with Crippen LogP contribution < -0.4 is 10.5 Å². The van der Waals surface area contributed by atoms with E-state index in [1.807, 2.05) is 0 Å². The van der Waals surface area contributed by atoms with E-state index >= 15 is 0 Å². The summed E-state index contributed by atoms with van der Waals surface area (Å²) in [5.74, 6) is -0.431. The molecule has 0 aromatic carbocycles. The molecule has 0 bridgehead atoms. The molecule has 1 heterocycles. The van der Waals surface area contributed by atoms with Crippen LogP contribution in [0.15, 0.2) is 15.4 Å². The summed E-state index contributed by atoms with van der Waals surface area (Å²) in [6, 6.07) is 1.50. The van der Waals surface area contributed by atoms with E-state index in [9.17, 15) is 8.42 Å². The van der Waals surface area contributed by atoms with E-state index in [1.165, 1.54) is 6.07 Å². The molecule has 4 N–H and O–H groups in total. The van der Waals surface area contributed by atoms with Crippen molar-refractivity contribution in [2.75, 3.05) is 6.54 Å². The normalized spacial score (nSPS) is 14.7. The molecule has 1 rings (SSSR count). The summed E-state index contributed by atoms with van der Waals surface area (Å²) in [4.78, 5) is 0. The highest BCUT2D eigenvalue weighted by atomic mass is 35.5. The Hall–Kier alpha value is -0.830. The summed E-state index contributed by atoms with van der Waals surface area (Å²) in [6.07, 6.45) is 0. The van der Waals surface area contributed by atoms with Gasteiger partial charge in [-0.3, -0.25) is 0 Å². The Bertz CT molecular complexity index is 534. The zero-order chi connectivity index (χ0) is 13.9. The number of amidine groups is 1. The van der Waals surface area contributed by atoms with E-state index in [4.69, 9.17) is 22.5 Å². The highest BCUT2D eigenvalue weighted by Gasteiger charge is 2.20. The molecule has 6 nitrogen and oxygen atoms in total. The van der Waals surface area contributed by atoms with Crippen LogP contribution in [0.25, 0.3) is 0 Å². The van der Waals surface area contributed by atoms with Crippen LogP contribution in [0, 0.1) is 12.8 Å². The number of nitrogens with one attached hydrogen (secondary N) is 1. The van der Waals surface area contributed by atoms with Gasteiger partial charge in [-0.15, -0.1) is 11.3 Å². The third-order valence-electron chi connectivity index (χ3n) is 2.30. The zero-order valence-electron chi connectivity index (χ0n) is 9.84. The van der Waals surface area contributed by atoms with Gasteiger partial charge >= 0.3 is 0 Å². The number of aryl methyl sites for hydroxylation is 1. The first kappa shape index (κ1) is 15.2. The number of hydrogen-bond donors (Lipinski definition) is 3. The molecule has 1 aromatic heterocycles. The standard InChI is InChI=1S/C9H14ClN3O3S2/c1-5-3-7(17-8(5)10)18(15,16)12-4-6(2)9(11)13-14/h3,6,12,14H,4H2,1-2H3,(H2,11,13). The van der Waals surface area contributed by atoms with Crippen LogP contribution in [0.2, 0.25) is 4.34 Å². The second-order valence-corrected chi connectivity index (χ2v) is 7.45. The van der Waals surface area contributed by atoms with Gasteiger partial charge in [0.15, 0.2) is 0 Å². The average Bonchev–Trinajstić information content (AvgIpc) is 2.66. The minimum atomic E-state index is -3.61. The summed E-state index contributed by atoms with van der Waals surface area (Å²) in [6.45, 7) is 3.42. The molecular weight excluding hydrogens is 298 g/mol. The maximum atomic E-state index is 11.9. The molecule has 0 fully saturated rings. The lowest BCUT2D eigenvalue weighted by atomic mass is 10.2. The maximum absolute atomic E-state index is 11.9. The van der Waals surface area contributed by atoms with Gasteiger partial charge in [0.25, 0.3) is 0 Å². The molecular formula is C9H14ClN3O3S2. The van der Waals surface area contributed by atoms with Crippen LogP contribution >= 0.6 is 22.9 Å². The van der Waals surface area contributed by atoms with Crippen molar-refractivity contribution in [1.29, 1.82) is 0 Å². The summed E-state index contributed by atoms with van der Waals surface area (Å²) in [7, 11) is -3.61. The largest absolute Gasteiger partial charge is 0.409 e. The first-order chi connectivity index (χ1) is 8.27. The van der Waals surface area contributed by atoms with Crippen molar-refractivity contribution in [2.24, 2.45) is 16.8 Å². The van der Waals surface area contributed by atoms with E-state index in [2.05, 4.69) is 9.88 Å². The van der Waals surface area contributed by atoms with Crippen molar-refractivity contribution < 1.29 is 13.6 Å². The Morgan fingerprint density at radius 1 is 1.72 bits per heavy atom. The molecule has 9 heteroatoms. The fourth-order valence-corrected chi connectivity index (χ4v) is 3.96. The van der Waals surface area contributed by atoms with Crippen LogP contribution in [0.1, 0.15) is 12.5 Å². The van der Waals surface area contributed by atoms with E-state index in [-0.39, 0.29) is 16.6 Å². The fourth-order valence-electron chi connectivity index (χ4n) is 1.07. The van der Waals surface area contributed by atoms with Crippen molar-refractivity contribution >= 4 is 38.8 Å². The van der Waals surface area contributed by atoms with Crippen molar-refractivity contribution in [2.45, 2.75) is 18.1 Å². The Morgan fingerprint density at radius 2 is 2.33 bits per heavy atom. The Balaban J connectivity index is 2.78. The van der Waals surface area contributed by atoms with Crippen LogP contribution in [0.3, 0.4) is 0 Å². The lowest BCUT2D eigenvalue weighted by Gasteiger charge is -2.10.